The fraction of sp³-hybridized carbons (Fsp3) is 0.255. The molecule has 0 aliphatic rings. The number of nitrogens with one attached hydrogen (secondary N) is 4. The summed E-state index contributed by atoms with van der Waals surface area (Å²) in [5.41, 5.74) is 8.25. The molecule has 0 aliphatic heterocycles. The molecule has 0 bridgehead atoms. The highest BCUT2D eigenvalue weighted by Gasteiger charge is 2.23. The SMILES string of the molecule is CCN(CC)c1cc(Nc2nc(Nc3cc(N(CC)CC)c(OC)cc3NNc3c(S(=O)(=O)O)ccc4ccccc34)nc(SCCS(=O)(=O)O)n2)c(N=Nc2c(S(=O)(=O)O)ccc3ccccc23)cc1OC. The lowest BCUT2D eigenvalue weighted by Gasteiger charge is -2.26. The lowest BCUT2D eigenvalue weighted by atomic mass is 10.1. The second-order valence-electron chi connectivity index (χ2n) is 15.8. The zero-order valence-corrected chi connectivity index (χ0v) is 43.6. The van der Waals surface area contributed by atoms with Crippen molar-refractivity contribution in [2.75, 3.05) is 83.2 Å². The number of hydrogen-bond acceptors (Lipinski definition) is 20. The van der Waals surface area contributed by atoms with Gasteiger partial charge in [0.1, 0.15) is 32.7 Å². The van der Waals surface area contributed by atoms with E-state index in [2.05, 4.69) is 41.7 Å². The summed E-state index contributed by atoms with van der Waals surface area (Å²) in [6.45, 7) is 10.1. The highest BCUT2D eigenvalue weighted by Crippen LogP contribution is 2.43. The van der Waals surface area contributed by atoms with Crippen LogP contribution in [0.25, 0.3) is 21.5 Å². The van der Waals surface area contributed by atoms with Gasteiger partial charge >= 0.3 is 0 Å². The largest absolute Gasteiger partial charge is 0.495 e. The summed E-state index contributed by atoms with van der Waals surface area (Å²) in [4.78, 5) is 17.1. The maximum absolute atomic E-state index is 12.7. The van der Waals surface area contributed by atoms with E-state index in [1.807, 2.05) is 37.5 Å². The van der Waals surface area contributed by atoms with E-state index < -0.39 is 45.9 Å². The van der Waals surface area contributed by atoms with Gasteiger partial charge in [0.2, 0.25) is 11.9 Å². The quantitative estimate of drug-likeness (QED) is 0.0136. The van der Waals surface area contributed by atoms with Crippen molar-refractivity contribution < 1.29 is 48.4 Å². The Morgan fingerprint density at radius 3 is 1.67 bits per heavy atom. The highest BCUT2D eigenvalue weighted by molar-refractivity contribution is 8.00. The van der Waals surface area contributed by atoms with Crippen LogP contribution in [-0.4, -0.2) is 106 Å². The molecule has 0 atom stereocenters. The number of aromatic nitrogens is 3. The average Bonchev–Trinajstić information content (AvgIpc) is 3.35. The Kier molecular flexibility index (Phi) is 16.8. The monoisotopic (exact) mass is 1080 g/mol. The summed E-state index contributed by atoms with van der Waals surface area (Å²) in [5, 5.41) is 17.6. The fourth-order valence-corrected chi connectivity index (χ4v) is 10.8. The van der Waals surface area contributed by atoms with Gasteiger partial charge in [-0.2, -0.15) is 40.2 Å². The number of azo groups is 1. The van der Waals surface area contributed by atoms with Gasteiger partial charge in [0.25, 0.3) is 30.4 Å². The molecule has 7 rings (SSSR count). The van der Waals surface area contributed by atoms with Crippen LogP contribution < -0.4 is 40.8 Å². The minimum atomic E-state index is -4.77. The molecule has 0 aliphatic carbocycles. The van der Waals surface area contributed by atoms with E-state index in [1.54, 1.807) is 84.9 Å². The second-order valence-corrected chi connectivity index (χ2v) is 21.2. The zero-order chi connectivity index (χ0) is 52.7. The van der Waals surface area contributed by atoms with Gasteiger partial charge in [-0.1, -0.05) is 72.4 Å². The van der Waals surface area contributed by atoms with Crippen molar-refractivity contribution in [3.63, 3.8) is 0 Å². The Bertz CT molecular complexity index is 3550. The fourth-order valence-electron chi connectivity index (χ4n) is 7.85. The highest BCUT2D eigenvalue weighted by atomic mass is 32.2. The Morgan fingerprint density at radius 1 is 0.589 bits per heavy atom. The van der Waals surface area contributed by atoms with Gasteiger partial charge in [-0.05, 0) is 62.7 Å². The van der Waals surface area contributed by atoms with Crippen LogP contribution in [0.2, 0.25) is 0 Å². The van der Waals surface area contributed by atoms with Crippen molar-refractivity contribution in [3.8, 4) is 11.5 Å². The van der Waals surface area contributed by atoms with Gasteiger partial charge in [-0.3, -0.25) is 24.5 Å². The van der Waals surface area contributed by atoms with E-state index in [-0.39, 0.29) is 51.2 Å². The molecule has 1 heterocycles. The molecule has 73 heavy (non-hydrogen) atoms. The van der Waals surface area contributed by atoms with Gasteiger partial charge in [0.15, 0.2) is 5.16 Å². The first kappa shape index (κ1) is 53.7. The molecule has 0 saturated carbocycles. The van der Waals surface area contributed by atoms with Gasteiger partial charge in [-0.15, -0.1) is 10.2 Å². The topological polar surface area (TPSA) is 300 Å². The molecule has 0 unspecified atom stereocenters. The second kappa shape index (κ2) is 22.8. The first-order chi connectivity index (χ1) is 34.8. The maximum atomic E-state index is 12.7. The summed E-state index contributed by atoms with van der Waals surface area (Å²) >= 11 is 0.904. The Labute approximate surface area is 426 Å². The van der Waals surface area contributed by atoms with Crippen molar-refractivity contribution in [2.24, 2.45) is 10.2 Å². The number of ether oxygens (including phenoxy) is 2. The van der Waals surface area contributed by atoms with Gasteiger partial charge < -0.3 is 29.9 Å². The molecule has 7 N–H and O–H groups in total. The summed E-state index contributed by atoms with van der Waals surface area (Å²) in [6.07, 6.45) is 0. The minimum Gasteiger partial charge on any atom is -0.495 e. The van der Waals surface area contributed by atoms with Gasteiger partial charge in [0, 0.05) is 54.8 Å². The number of methoxy groups -OCH3 is 2. The third kappa shape index (κ3) is 12.8. The molecule has 26 heteroatoms. The van der Waals surface area contributed by atoms with E-state index in [1.165, 1.54) is 26.4 Å². The van der Waals surface area contributed by atoms with Crippen LogP contribution in [-0.2, 0) is 30.4 Å². The summed E-state index contributed by atoms with van der Waals surface area (Å²) in [7, 11) is -10.9. The number of hydrazine groups is 1. The number of anilines is 8. The van der Waals surface area contributed by atoms with Crippen LogP contribution in [0.15, 0.2) is 122 Å². The smallest absolute Gasteiger partial charge is 0.296 e. The van der Waals surface area contributed by atoms with Crippen LogP contribution in [0, 0.1) is 0 Å². The first-order valence-electron chi connectivity index (χ1n) is 22.5. The lowest BCUT2D eigenvalue weighted by molar-refractivity contribution is 0.414. The Hall–Kier alpha value is -7.07. The maximum Gasteiger partial charge on any atom is 0.296 e. The predicted octanol–water partition coefficient (Wildman–Crippen LogP) is 9.70. The van der Waals surface area contributed by atoms with E-state index in [0.29, 0.717) is 76.3 Å². The Balaban J connectivity index is 1.38. The van der Waals surface area contributed by atoms with E-state index in [4.69, 9.17) is 14.5 Å². The number of fused-ring (bicyclic) bond motifs is 2. The van der Waals surface area contributed by atoms with Crippen LogP contribution >= 0.6 is 11.8 Å². The van der Waals surface area contributed by atoms with Crippen LogP contribution in [0.4, 0.5) is 57.4 Å². The van der Waals surface area contributed by atoms with Crippen molar-refractivity contribution in [1.29, 1.82) is 0 Å². The molecule has 6 aromatic carbocycles. The van der Waals surface area contributed by atoms with E-state index in [9.17, 15) is 38.9 Å². The molecule has 7 aromatic rings. The lowest BCUT2D eigenvalue weighted by Crippen LogP contribution is -2.23. The third-order valence-electron chi connectivity index (χ3n) is 11.4. The molecule has 22 nitrogen and oxygen atoms in total. The zero-order valence-electron chi connectivity index (χ0n) is 40.4. The predicted molar refractivity (Wildman–Crippen MR) is 286 cm³/mol. The first-order valence-corrected chi connectivity index (χ1v) is 28.0. The van der Waals surface area contributed by atoms with Gasteiger partial charge in [0.05, 0.1) is 54.1 Å². The average molecular weight is 1080 g/mol. The Morgan fingerprint density at radius 2 is 1.11 bits per heavy atom. The van der Waals surface area contributed by atoms with E-state index >= 15 is 0 Å². The van der Waals surface area contributed by atoms with Crippen LogP contribution in [0.5, 0.6) is 11.5 Å². The summed E-state index contributed by atoms with van der Waals surface area (Å²) in [6, 6.07) is 26.2. The van der Waals surface area contributed by atoms with Crippen molar-refractivity contribution in [1.82, 2.24) is 15.0 Å². The van der Waals surface area contributed by atoms with Crippen molar-refractivity contribution >= 4 is 121 Å². The minimum absolute atomic E-state index is 0.0107. The van der Waals surface area contributed by atoms with Crippen LogP contribution in [0.1, 0.15) is 27.7 Å². The number of rotatable bonds is 23. The number of benzene rings is 6. The molecule has 0 spiro atoms. The molecule has 0 amide bonds. The van der Waals surface area contributed by atoms with Crippen molar-refractivity contribution in [3.05, 3.63) is 97.1 Å². The number of nitrogens with zero attached hydrogens (tertiary/aromatic N) is 7. The number of thioether (sulfide) groups is 1. The van der Waals surface area contributed by atoms with Crippen LogP contribution in [0.3, 0.4) is 0 Å². The molecular weight excluding hydrogens is 1020 g/mol. The summed E-state index contributed by atoms with van der Waals surface area (Å²) in [5.74, 6) is -0.146. The summed E-state index contributed by atoms with van der Waals surface area (Å²) < 4.78 is 116. The molecule has 0 radical (unpaired) electrons. The molecule has 0 fully saturated rings. The molecule has 386 valence electrons. The normalized spacial score (nSPS) is 12.0. The van der Waals surface area contributed by atoms with Gasteiger partial charge in [-0.25, -0.2) is 0 Å². The number of hydrogen-bond donors (Lipinski definition) is 7. The standard InChI is InChI=1S/C47H53N11O11S4/c1-7-57(8-2)37-25-33(35(27-39(37)68-5)53-55-43-31-17-13-11-15-29(31)19-21-41(43)72(62,63)64)48-45-50-46(52-47(51-45)70-23-24-71(59,60)61)49-34-26-38(58(9-3)10-4)40(69-6)28-36(34)54-56-44-32-18-14-12-16-30(32)20-22-42(44)73(65,66)67/h11-22,25-28,53,55H,7-10,23-24H2,1-6H3,(H,59,60,61)(H,62,63,64)(H,65,66,67)(H2,48,49,50,51,52). The molecule has 1 aromatic heterocycles. The van der Waals surface area contributed by atoms with E-state index in [0.717, 1.165) is 11.8 Å². The molecule has 0 saturated heterocycles. The third-order valence-corrected chi connectivity index (χ3v) is 15.0. The van der Waals surface area contributed by atoms with Crippen molar-refractivity contribution in [2.45, 2.75) is 42.6 Å². The molecular formula is C47H53N11O11S4.